The summed E-state index contributed by atoms with van der Waals surface area (Å²) in [7, 11) is -2.09. The fourth-order valence-electron chi connectivity index (χ4n) is 8.39. The third kappa shape index (κ3) is 8.23. The van der Waals surface area contributed by atoms with E-state index in [2.05, 4.69) is 50.4 Å². The number of ether oxygens (including phenoxy) is 1. The number of aromatic nitrogens is 4. The first-order valence-electron chi connectivity index (χ1n) is 19.5. The van der Waals surface area contributed by atoms with E-state index in [9.17, 15) is 8.42 Å². The maximum Gasteiger partial charge on any atom is 0.264 e. The van der Waals surface area contributed by atoms with Gasteiger partial charge < -0.3 is 14.5 Å². The van der Waals surface area contributed by atoms with Crippen molar-refractivity contribution in [3.63, 3.8) is 0 Å². The molecule has 11 nitrogen and oxygen atoms in total. The van der Waals surface area contributed by atoms with Crippen LogP contribution in [0.3, 0.4) is 0 Å². The number of benzene rings is 2. The van der Waals surface area contributed by atoms with Gasteiger partial charge in [-0.3, -0.25) is 9.78 Å². The molecular formula is C42H53N7O4S. The minimum atomic E-state index is -4.18. The van der Waals surface area contributed by atoms with Crippen LogP contribution in [0.5, 0.6) is 5.88 Å². The van der Waals surface area contributed by atoms with Gasteiger partial charge in [-0.1, -0.05) is 51.0 Å². The first kappa shape index (κ1) is 37.7. The maximum atomic E-state index is 15.0. The highest BCUT2D eigenvalue weighted by atomic mass is 32.2. The monoisotopic (exact) mass is 751 g/mol. The number of anilines is 2. The number of carbonyl (C=O) groups is 1. The zero-order valence-electron chi connectivity index (χ0n) is 32.2. The number of amides is 1. The van der Waals surface area contributed by atoms with E-state index in [0.29, 0.717) is 36.1 Å². The predicted octanol–water partition coefficient (Wildman–Crippen LogP) is 7.78. The molecule has 3 unspecified atom stereocenters. The van der Waals surface area contributed by atoms with Crippen LogP contribution in [0.15, 0.2) is 65.8 Å². The van der Waals surface area contributed by atoms with Crippen molar-refractivity contribution in [1.29, 1.82) is 0 Å². The van der Waals surface area contributed by atoms with E-state index in [1.165, 1.54) is 18.6 Å². The summed E-state index contributed by atoms with van der Waals surface area (Å²) >= 11 is 0. The van der Waals surface area contributed by atoms with E-state index in [1.807, 2.05) is 44.4 Å². The summed E-state index contributed by atoms with van der Waals surface area (Å²) in [6.45, 7) is 8.78. The first-order valence-corrected chi connectivity index (χ1v) is 21.0. The number of aryl methyl sites for hydroxylation is 2. The topological polar surface area (TPSA) is 131 Å². The molecule has 4 aromatic rings. The molecule has 7 rings (SSSR count). The lowest BCUT2D eigenvalue weighted by Crippen LogP contribution is -2.50. The van der Waals surface area contributed by atoms with Crippen LogP contribution in [0.25, 0.3) is 11.3 Å². The van der Waals surface area contributed by atoms with Crippen molar-refractivity contribution < 1.29 is 17.9 Å². The molecule has 2 aliphatic heterocycles. The average molecular weight is 752 g/mol. The highest BCUT2D eigenvalue weighted by Crippen LogP contribution is 2.37. The summed E-state index contributed by atoms with van der Waals surface area (Å²) in [5, 5.41) is 0. The summed E-state index contributed by atoms with van der Waals surface area (Å²) in [4.78, 5) is 38.1. The van der Waals surface area contributed by atoms with E-state index in [1.54, 1.807) is 18.2 Å². The molecule has 1 aliphatic carbocycles. The lowest BCUT2D eigenvalue weighted by Gasteiger charge is -2.40. The lowest BCUT2D eigenvalue weighted by atomic mass is 9.86. The third-order valence-electron chi connectivity index (χ3n) is 11.6. The molecule has 0 radical (unpaired) electrons. The fourth-order valence-corrected chi connectivity index (χ4v) is 9.38. The van der Waals surface area contributed by atoms with Crippen molar-refractivity contribution in [3.05, 3.63) is 83.3 Å². The number of nitrogens with one attached hydrogen (secondary N) is 1. The van der Waals surface area contributed by atoms with E-state index >= 15 is 4.79 Å². The Balaban J connectivity index is 1.30. The Kier molecular flexibility index (Phi) is 11.2. The molecule has 54 heavy (non-hydrogen) atoms. The van der Waals surface area contributed by atoms with Crippen molar-refractivity contribution in [2.45, 2.75) is 115 Å². The Bertz CT molecular complexity index is 2070. The fraction of sp³-hybridized carbons (Fsp3) is 0.500. The molecule has 1 saturated heterocycles. The smallest absolute Gasteiger partial charge is 0.264 e. The molecular weight excluding hydrogens is 699 g/mol. The number of nitrogens with zero attached hydrogens (tertiary/aromatic N) is 6. The molecule has 4 bridgehead atoms. The number of carbonyl (C=O) groups excluding carboxylic acids is 1. The van der Waals surface area contributed by atoms with Gasteiger partial charge in [0.1, 0.15) is 5.82 Å². The maximum absolute atomic E-state index is 15.0. The molecule has 286 valence electrons. The highest BCUT2D eigenvalue weighted by molar-refractivity contribution is 7.92. The van der Waals surface area contributed by atoms with Crippen LogP contribution in [0.4, 0.5) is 11.8 Å². The van der Waals surface area contributed by atoms with Crippen LogP contribution < -0.4 is 14.4 Å². The van der Waals surface area contributed by atoms with Gasteiger partial charge in [-0.25, -0.2) is 23.1 Å². The van der Waals surface area contributed by atoms with Crippen molar-refractivity contribution in [1.82, 2.24) is 24.8 Å². The summed E-state index contributed by atoms with van der Waals surface area (Å²) < 4.78 is 36.9. The largest absolute Gasteiger partial charge is 0.477 e. The van der Waals surface area contributed by atoms with E-state index < -0.39 is 10.0 Å². The van der Waals surface area contributed by atoms with Crippen LogP contribution >= 0.6 is 0 Å². The van der Waals surface area contributed by atoms with Crippen LogP contribution in [0, 0.1) is 25.7 Å². The van der Waals surface area contributed by atoms with Gasteiger partial charge in [-0.15, -0.1) is 0 Å². The molecule has 0 spiro atoms. The SMILES string of the molecule is Cc1cccc(C)c1-c1cc2nc(n1)NS(=O)(=O)c1cccc(c1)C(=O)N1C(Cc3cncc(N(C)C4CCC4)n3)CCCC(CCC(C)C)C1CCO2. The van der Waals surface area contributed by atoms with Crippen LogP contribution in [-0.4, -0.2) is 70.9 Å². The number of hydrogen-bond donors (Lipinski definition) is 1. The Hall–Kier alpha value is -4.58. The number of hydrogen-bond acceptors (Lipinski definition) is 9. The Morgan fingerprint density at radius 3 is 2.44 bits per heavy atom. The van der Waals surface area contributed by atoms with Crippen molar-refractivity contribution in [2.24, 2.45) is 11.8 Å². The lowest BCUT2D eigenvalue weighted by molar-refractivity contribution is 0.0445. The third-order valence-corrected chi connectivity index (χ3v) is 12.9. The molecule has 1 saturated carbocycles. The Labute approximate surface area is 320 Å². The second kappa shape index (κ2) is 16.0. The summed E-state index contributed by atoms with van der Waals surface area (Å²) in [6, 6.07) is 14.3. The van der Waals surface area contributed by atoms with E-state index in [-0.39, 0.29) is 47.2 Å². The summed E-state index contributed by atoms with van der Waals surface area (Å²) in [6.07, 6.45) is 13.1. The molecule has 3 aliphatic rings. The Morgan fingerprint density at radius 1 is 0.944 bits per heavy atom. The minimum absolute atomic E-state index is 0.0363. The molecule has 3 atom stereocenters. The van der Waals surface area contributed by atoms with Gasteiger partial charge in [0.2, 0.25) is 11.8 Å². The van der Waals surface area contributed by atoms with E-state index in [4.69, 9.17) is 9.72 Å². The average Bonchev–Trinajstić information content (AvgIpc) is 3.27. The summed E-state index contributed by atoms with van der Waals surface area (Å²) in [5.74, 6) is 1.61. The molecule has 4 heterocycles. The molecule has 12 heteroatoms. The quantitative estimate of drug-likeness (QED) is 0.192. The normalized spacial score (nSPS) is 21.6. The van der Waals surface area contributed by atoms with Crippen molar-refractivity contribution in [3.8, 4) is 17.1 Å². The molecule has 2 fully saturated rings. The zero-order valence-corrected chi connectivity index (χ0v) is 33.0. The van der Waals surface area contributed by atoms with Crippen LogP contribution in [-0.2, 0) is 16.4 Å². The van der Waals surface area contributed by atoms with Crippen molar-refractivity contribution >= 4 is 27.7 Å². The standard InChI is InChI=1S/C42H53N7O4S/c1-27(2)18-19-30-12-7-16-34(23-32-25-43-26-38(44-32)48(5)33-14-9-15-33)49-37(30)20-21-53-39-24-36(40-28(3)10-6-11-29(40)4)45-42(46-39)47-54(51,52)35-17-8-13-31(22-35)41(49)50/h6,8,10-11,13,17,22,24-27,30,33-34,37H,7,9,12,14-16,18-21,23H2,1-5H3,(H,45,46,47). The van der Waals surface area contributed by atoms with Gasteiger partial charge in [-0.2, -0.15) is 4.98 Å². The van der Waals surface area contributed by atoms with Gasteiger partial charge in [0, 0.05) is 61.4 Å². The van der Waals surface area contributed by atoms with Gasteiger partial charge in [-0.05, 0) is 93.5 Å². The zero-order chi connectivity index (χ0) is 38.0. The van der Waals surface area contributed by atoms with Gasteiger partial charge in [0.15, 0.2) is 0 Å². The van der Waals surface area contributed by atoms with E-state index in [0.717, 1.165) is 73.1 Å². The van der Waals surface area contributed by atoms with Crippen LogP contribution in [0.2, 0.25) is 0 Å². The number of fused-ring (bicyclic) bond motifs is 5. The molecule has 2 aromatic carbocycles. The minimum Gasteiger partial charge on any atom is -0.477 e. The van der Waals surface area contributed by atoms with Gasteiger partial charge in [0.05, 0.1) is 29.1 Å². The Morgan fingerprint density at radius 2 is 1.70 bits per heavy atom. The summed E-state index contributed by atoms with van der Waals surface area (Å²) in [5.41, 5.74) is 4.66. The second-order valence-corrected chi connectivity index (χ2v) is 17.5. The van der Waals surface area contributed by atoms with Crippen LogP contribution in [0.1, 0.15) is 98.8 Å². The number of rotatable bonds is 8. The number of sulfonamides is 1. The first-order chi connectivity index (χ1) is 26.0. The molecule has 2 aromatic heterocycles. The van der Waals surface area contributed by atoms with Crippen molar-refractivity contribution in [2.75, 3.05) is 23.3 Å². The van der Waals surface area contributed by atoms with Gasteiger partial charge in [0.25, 0.3) is 15.9 Å². The molecule has 1 N–H and O–H groups in total. The predicted molar refractivity (Wildman–Crippen MR) is 211 cm³/mol. The highest BCUT2D eigenvalue weighted by Gasteiger charge is 2.39. The second-order valence-electron chi connectivity index (χ2n) is 15.8. The molecule has 1 amide bonds. The van der Waals surface area contributed by atoms with Gasteiger partial charge >= 0.3 is 0 Å².